The quantitative estimate of drug-likeness (QED) is 0.654. The van der Waals surface area contributed by atoms with Crippen molar-refractivity contribution in [3.63, 3.8) is 0 Å². The highest BCUT2D eigenvalue weighted by atomic mass is 19.1. The van der Waals surface area contributed by atoms with Crippen LogP contribution in [-0.4, -0.2) is 36.6 Å². The molecule has 1 fully saturated rings. The smallest absolute Gasteiger partial charge is 0.191 e. The molecular formula is C14H20FN3O. The van der Waals surface area contributed by atoms with Gasteiger partial charge < -0.3 is 15.4 Å². The topological polar surface area (TPSA) is 50.8 Å². The average molecular weight is 265 g/mol. The van der Waals surface area contributed by atoms with Crippen LogP contribution in [0, 0.1) is 5.82 Å². The molecule has 5 heteroatoms. The van der Waals surface area contributed by atoms with Gasteiger partial charge in [0.2, 0.25) is 0 Å². The molecule has 0 bridgehead atoms. The van der Waals surface area contributed by atoms with Crippen molar-refractivity contribution >= 4 is 5.96 Å². The third-order valence-corrected chi connectivity index (χ3v) is 3.12. The second-order valence-electron chi connectivity index (χ2n) is 4.92. The summed E-state index contributed by atoms with van der Waals surface area (Å²) in [5.74, 6) is 0.920. The normalized spacial score (nSPS) is 17.1. The Morgan fingerprint density at radius 1 is 1.47 bits per heavy atom. The van der Waals surface area contributed by atoms with E-state index in [1.807, 2.05) is 18.9 Å². The van der Waals surface area contributed by atoms with E-state index in [1.54, 1.807) is 12.1 Å². The Kier molecular flexibility index (Phi) is 4.24. The zero-order chi connectivity index (χ0) is 13.8. The van der Waals surface area contributed by atoms with E-state index in [4.69, 9.17) is 10.5 Å². The van der Waals surface area contributed by atoms with Crippen LogP contribution in [0.25, 0.3) is 0 Å². The zero-order valence-corrected chi connectivity index (χ0v) is 11.3. The van der Waals surface area contributed by atoms with Crippen molar-refractivity contribution in [3.05, 3.63) is 30.1 Å². The van der Waals surface area contributed by atoms with Gasteiger partial charge in [0.15, 0.2) is 5.96 Å². The first-order valence-corrected chi connectivity index (χ1v) is 6.51. The van der Waals surface area contributed by atoms with Crippen LogP contribution < -0.4 is 10.5 Å². The van der Waals surface area contributed by atoms with E-state index in [-0.39, 0.29) is 11.9 Å². The number of guanidine groups is 1. The van der Waals surface area contributed by atoms with Gasteiger partial charge in [-0.3, -0.25) is 0 Å². The predicted molar refractivity (Wildman–Crippen MR) is 73.8 cm³/mol. The lowest BCUT2D eigenvalue weighted by molar-refractivity contribution is 0.229. The highest BCUT2D eigenvalue weighted by molar-refractivity contribution is 5.78. The second kappa shape index (κ2) is 5.91. The highest BCUT2D eigenvalue weighted by Gasteiger charge is 2.27. The van der Waals surface area contributed by atoms with Crippen LogP contribution in [0.15, 0.2) is 29.3 Å². The summed E-state index contributed by atoms with van der Waals surface area (Å²) in [6.45, 7) is 2.40. The highest BCUT2D eigenvalue weighted by Crippen LogP contribution is 2.24. The lowest BCUT2D eigenvalue weighted by Gasteiger charge is -2.18. The van der Waals surface area contributed by atoms with Crippen molar-refractivity contribution in [2.75, 3.05) is 13.6 Å². The number of benzene rings is 1. The molecule has 0 radical (unpaired) electrons. The maximum atomic E-state index is 12.7. The molecule has 0 spiro atoms. The van der Waals surface area contributed by atoms with Crippen molar-refractivity contribution in [3.8, 4) is 5.75 Å². The standard InChI is InChI=1S/C14H20FN3O/c1-10(19-13-7-3-11(15)4-8-13)9-17-14(16)18(2)12-5-6-12/h3-4,7-8,10,12H,5-6,9H2,1-2H3,(H2,16,17). The molecule has 2 N–H and O–H groups in total. The van der Waals surface area contributed by atoms with Crippen LogP contribution in [-0.2, 0) is 0 Å². The average Bonchev–Trinajstić information content (AvgIpc) is 3.22. The van der Waals surface area contributed by atoms with E-state index in [9.17, 15) is 4.39 Å². The van der Waals surface area contributed by atoms with Crippen LogP contribution in [0.5, 0.6) is 5.75 Å². The molecule has 1 aromatic rings. The number of hydrogen-bond acceptors (Lipinski definition) is 2. The minimum absolute atomic E-state index is 0.100. The SMILES string of the molecule is CC(CN=C(N)N(C)C1CC1)Oc1ccc(F)cc1. The van der Waals surface area contributed by atoms with E-state index < -0.39 is 0 Å². The first-order valence-electron chi connectivity index (χ1n) is 6.51. The first-order chi connectivity index (χ1) is 9.06. The van der Waals surface area contributed by atoms with E-state index in [0.717, 1.165) is 0 Å². The van der Waals surface area contributed by atoms with Gasteiger partial charge in [-0.25, -0.2) is 9.38 Å². The van der Waals surface area contributed by atoms with Gasteiger partial charge in [0.05, 0.1) is 6.54 Å². The van der Waals surface area contributed by atoms with Crippen LogP contribution in [0.2, 0.25) is 0 Å². The lowest BCUT2D eigenvalue weighted by Crippen LogP contribution is -2.36. The molecule has 0 heterocycles. The Balaban J connectivity index is 1.81. The van der Waals surface area contributed by atoms with Crippen LogP contribution in [0.3, 0.4) is 0 Å². The zero-order valence-electron chi connectivity index (χ0n) is 11.3. The van der Waals surface area contributed by atoms with Crippen LogP contribution in [0.1, 0.15) is 19.8 Å². The monoisotopic (exact) mass is 265 g/mol. The third-order valence-electron chi connectivity index (χ3n) is 3.12. The number of hydrogen-bond donors (Lipinski definition) is 1. The van der Waals surface area contributed by atoms with E-state index in [1.165, 1.54) is 25.0 Å². The fourth-order valence-electron chi connectivity index (χ4n) is 1.77. The molecule has 1 atom stereocenters. The molecule has 1 aromatic carbocycles. The minimum Gasteiger partial charge on any atom is -0.489 e. The molecule has 4 nitrogen and oxygen atoms in total. The molecule has 0 aliphatic heterocycles. The molecule has 1 aliphatic carbocycles. The van der Waals surface area contributed by atoms with Crippen LogP contribution >= 0.6 is 0 Å². The van der Waals surface area contributed by atoms with Crippen molar-refractivity contribution in [1.29, 1.82) is 0 Å². The lowest BCUT2D eigenvalue weighted by atomic mass is 10.3. The Bertz CT molecular complexity index is 443. The number of halogens is 1. The van der Waals surface area contributed by atoms with Crippen molar-refractivity contribution in [2.45, 2.75) is 31.9 Å². The maximum Gasteiger partial charge on any atom is 0.191 e. The molecule has 1 saturated carbocycles. The summed E-state index contributed by atoms with van der Waals surface area (Å²) < 4.78 is 18.4. The van der Waals surface area contributed by atoms with Gasteiger partial charge in [-0.15, -0.1) is 0 Å². The number of rotatable bonds is 5. The van der Waals surface area contributed by atoms with Crippen molar-refractivity contribution < 1.29 is 9.13 Å². The molecule has 1 aliphatic rings. The molecule has 2 rings (SSSR count). The summed E-state index contributed by atoms with van der Waals surface area (Å²) in [6.07, 6.45) is 2.28. The summed E-state index contributed by atoms with van der Waals surface area (Å²) in [5, 5.41) is 0. The molecule has 104 valence electrons. The van der Waals surface area contributed by atoms with Gasteiger partial charge in [-0.1, -0.05) is 0 Å². The van der Waals surface area contributed by atoms with Gasteiger partial charge in [-0.05, 0) is 44.0 Å². The third kappa shape index (κ3) is 4.12. The Morgan fingerprint density at radius 3 is 2.68 bits per heavy atom. The largest absolute Gasteiger partial charge is 0.489 e. The summed E-state index contributed by atoms with van der Waals surface area (Å²) in [4.78, 5) is 6.32. The molecule has 0 saturated heterocycles. The van der Waals surface area contributed by atoms with E-state index in [2.05, 4.69) is 4.99 Å². The van der Waals surface area contributed by atoms with E-state index in [0.29, 0.717) is 24.3 Å². The van der Waals surface area contributed by atoms with Gasteiger partial charge in [0.1, 0.15) is 17.7 Å². The summed E-state index contributed by atoms with van der Waals surface area (Å²) in [7, 11) is 1.96. The maximum absolute atomic E-state index is 12.7. The number of ether oxygens (including phenoxy) is 1. The van der Waals surface area contributed by atoms with Gasteiger partial charge in [0.25, 0.3) is 0 Å². The predicted octanol–water partition coefficient (Wildman–Crippen LogP) is 2.00. The minimum atomic E-state index is -0.270. The van der Waals surface area contributed by atoms with Gasteiger partial charge in [-0.2, -0.15) is 0 Å². The van der Waals surface area contributed by atoms with Crippen molar-refractivity contribution in [1.82, 2.24) is 4.90 Å². The number of nitrogens with two attached hydrogens (primary N) is 1. The molecule has 0 aromatic heterocycles. The van der Waals surface area contributed by atoms with Gasteiger partial charge in [0, 0.05) is 13.1 Å². The Morgan fingerprint density at radius 2 is 2.11 bits per heavy atom. The summed E-state index contributed by atoms with van der Waals surface area (Å²) in [5.41, 5.74) is 5.89. The Hall–Kier alpha value is -1.78. The first kappa shape index (κ1) is 13.6. The number of nitrogens with zero attached hydrogens (tertiary/aromatic N) is 2. The van der Waals surface area contributed by atoms with Gasteiger partial charge >= 0.3 is 0 Å². The van der Waals surface area contributed by atoms with Crippen LogP contribution in [0.4, 0.5) is 4.39 Å². The molecule has 0 amide bonds. The Labute approximate surface area is 113 Å². The summed E-state index contributed by atoms with van der Waals surface area (Å²) in [6, 6.07) is 6.52. The number of aliphatic imine (C=N–C) groups is 1. The fourth-order valence-corrected chi connectivity index (χ4v) is 1.77. The second-order valence-corrected chi connectivity index (χ2v) is 4.92. The molecule has 1 unspecified atom stereocenters. The van der Waals surface area contributed by atoms with Crippen molar-refractivity contribution in [2.24, 2.45) is 10.7 Å². The molecule has 19 heavy (non-hydrogen) atoms. The molecular weight excluding hydrogens is 245 g/mol. The summed E-state index contributed by atoms with van der Waals surface area (Å²) >= 11 is 0. The fraction of sp³-hybridized carbons (Fsp3) is 0.500. The van der Waals surface area contributed by atoms with E-state index >= 15 is 0 Å².